The molecule has 3 aromatic heterocycles. The van der Waals surface area contributed by atoms with Crippen molar-refractivity contribution in [1.82, 2.24) is 29.4 Å². The Morgan fingerprint density at radius 3 is 2.75 bits per heavy atom. The maximum Gasteiger partial charge on any atom is 0.139 e. The fourth-order valence-corrected chi connectivity index (χ4v) is 3.66. The molecular formula is C20H27N7O. The van der Waals surface area contributed by atoms with Crippen molar-refractivity contribution in [1.29, 1.82) is 0 Å². The predicted octanol–water partition coefficient (Wildman–Crippen LogP) is 1.57. The molecule has 0 bridgehead atoms. The van der Waals surface area contributed by atoms with E-state index in [1.807, 2.05) is 49.1 Å². The number of pyridine rings is 1. The summed E-state index contributed by atoms with van der Waals surface area (Å²) in [5.41, 5.74) is 3.76. The molecule has 4 heterocycles. The van der Waals surface area contributed by atoms with E-state index in [0.717, 1.165) is 49.8 Å². The summed E-state index contributed by atoms with van der Waals surface area (Å²) >= 11 is 0. The standard InChI is InChI=1S/C20H27N7O/c1-24(2)19-6-5-15(12-21-19)13-26-9-4-10-27-16(14-26)11-17(23-27)20(28)18-7-8-22-25(18)3/h5-8,11-12,20,28H,4,9-10,13-14H2,1-3H3/t20-/m1/s1. The highest BCUT2D eigenvalue weighted by atomic mass is 16.3. The predicted molar refractivity (Wildman–Crippen MR) is 107 cm³/mol. The minimum absolute atomic E-state index is 0.678. The Morgan fingerprint density at radius 1 is 1.21 bits per heavy atom. The molecule has 0 fully saturated rings. The van der Waals surface area contributed by atoms with Crippen LogP contribution in [-0.4, -0.2) is 55.2 Å². The van der Waals surface area contributed by atoms with Gasteiger partial charge in [0.2, 0.25) is 0 Å². The monoisotopic (exact) mass is 381 g/mol. The Balaban J connectivity index is 1.49. The molecule has 1 aliphatic rings. The number of nitrogens with zero attached hydrogens (tertiary/aromatic N) is 7. The SMILES string of the molecule is CN(C)c1ccc(CN2CCCn3nc([C@@H](O)c4ccnn4C)cc3C2)cn1. The van der Waals surface area contributed by atoms with Crippen molar-refractivity contribution >= 4 is 5.82 Å². The number of aliphatic hydroxyl groups excluding tert-OH is 1. The summed E-state index contributed by atoms with van der Waals surface area (Å²) in [6, 6.07) is 8.04. The van der Waals surface area contributed by atoms with Crippen LogP contribution < -0.4 is 4.90 Å². The average Bonchev–Trinajstić information content (AvgIpc) is 3.23. The van der Waals surface area contributed by atoms with Gasteiger partial charge in [-0.15, -0.1) is 0 Å². The molecule has 3 aromatic rings. The van der Waals surface area contributed by atoms with Crippen LogP contribution in [0.5, 0.6) is 0 Å². The van der Waals surface area contributed by atoms with Gasteiger partial charge in [0.05, 0.1) is 17.1 Å². The Kier molecular flexibility index (Phi) is 5.15. The van der Waals surface area contributed by atoms with Crippen molar-refractivity contribution in [3.05, 3.63) is 59.3 Å². The van der Waals surface area contributed by atoms with E-state index in [0.29, 0.717) is 5.69 Å². The second-order valence-corrected chi connectivity index (χ2v) is 7.55. The quantitative estimate of drug-likeness (QED) is 0.723. The average molecular weight is 381 g/mol. The Bertz CT molecular complexity index is 928. The number of aromatic nitrogens is 5. The van der Waals surface area contributed by atoms with Gasteiger partial charge in [-0.25, -0.2) is 4.98 Å². The summed E-state index contributed by atoms with van der Waals surface area (Å²) < 4.78 is 3.72. The van der Waals surface area contributed by atoms with Gasteiger partial charge in [0.15, 0.2) is 0 Å². The summed E-state index contributed by atoms with van der Waals surface area (Å²) in [4.78, 5) is 8.93. The van der Waals surface area contributed by atoms with Gasteiger partial charge in [0, 0.05) is 59.7 Å². The van der Waals surface area contributed by atoms with Gasteiger partial charge in [-0.3, -0.25) is 14.3 Å². The van der Waals surface area contributed by atoms with Crippen molar-refractivity contribution in [2.24, 2.45) is 7.05 Å². The van der Waals surface area contributed by atoms with Crippen LogP contribution in [0.4, 0.5) is 5.82 Å². The zero-order valence-electron chi connectivity index (χ0n) is 16.7. The molecule has 148 valence electrons. The highest BCUT2D eigenvalue weighted by molar-refractivity contribution is 5.37. The highest BCUT2D eigenvalue weighted by Gasteiger charge is 2.22. The summed E-state index contributed by atoms with van der Waals surface area (Å²) in [6.45, 7) is 3.53. The molecule has 0 radical (unpaired) electrons. The van der Waals surface area contributed by atoms with Gasteiger partial charge in [-0.2, -0.15) is 10.2 Å². The summed E-state index contributed by atoms with van der Waals surface area (Å²) in [5, 5.41) is 19.5. The second-order valence-electron chi connectivity index (χ2n) is 7.55. The van der Waals surface area contributed by atoms with Crippen LogP contribution in [0.25, 0.3) is 0 Å². The number of aryl methyl sites for hydroxylation is 2. The Hall–Kier alpha value is -2.71. The van der Waals surface area contributed by atoms with E-state index >= 15 is 0 Å². The first-order valence-electron chi connectivity index (χ1n) is 9.58. The minimum Gasteiger partial charge on any atom is -0.380 e. The third-order valence-corrected chi connectivity index (χ3v) is 5.20. The van der Waals surface area contributed by atoms with Crippen LogP contribution in [0.2, 0.25) is 0 Å². The molecule has 28 heavy (non-hydrogen) atoms. The second kappa shape index (κ2) is 7.73. The third kappa shape index (κ3) is 3.79. The van der Waals surface area contributed by atoms with Crippen molar-refractivity contribution in [3.8, 4) is 0 Å². The largest absolute Gasteiger partial charge is 0.380 e. The molecule has 1 N–H and O–H groups in total. The van der Waals surface area contributed by atoms with E-state index in [4.69, 9.17) is 0 Å². The van der Waals surface area contributed by atoms with Gasteiger partial charge in [-0.1, -0.05) is 6.07 Å². The van der Waals surface area contributed by atoms with E-state index < -0.39 is 6.10 Å². The lowest BCUT2D eigenvalue weighted by Crippen LogP contribution is -2.23. The van der Waals surface area contributed by atoms with E-state index in [1.165, 1.54) is 5.56 Å². The maximum absolute atomic E-state index is 10.7. The number of hydrogen-bond acceptors (Lipinski definition) is 6. The normalized spacial score (nSPS) is 15.9. The zero-order valence-corrected chi connectivity index (χ0v) is 16.7. The zero-order chi connectivity index (χ0) is 19.7. The Labute approximate surface area is 165 Å². The third-order valence-electron chi connectivity index (χ3n) is 5.20. The Morgan fingerprint density at radius 2 is 2.07 bits per heavy atom. The van der Waals surface area contributed by atoms with Gasteiger partial charge < -0.3 is 10.0 Å². The molecule has 0 unspecified atom stereocenters. The molecule has 0 spiro atoms. The number of rotatable bonds is 5. The maximum atomic E-state index is 10.7. The molecule has 0 saturated heterocycles. The van der Waals surface area contributed by atoms with Crippen LogP contribution in [0, 0.1) is 0 Å². The van der Waals surface area contributed by atoms with Gasteiger partial charge in [0.1, 0.15) is 11.9 Å². The van der Waals surface area contributed by atoms with E-state index in [-0.39, 0.29) is 0 Å². The van der Waals surface area contributed by atoms with Crippen molar-refractivity contribution in [2.45, 2.75) is 32.2 Å². The smallest absolute Gasteiger partial charge is 0.139 e. The van der Waals surface area contributed by atoms with Crippen LogP contribution in [0.15, 0.2) is 36.7 Å². The molecule has 0 aromatic carbocycles. The molecule has 0 saturated carbocycles. The first-order valence-corrected chi connectivity index (χ1v) is 9.58. The molecule has 8 heteroatoms. The molecule has 1 atom stereocenters. The van der Waals surface area contributed by atoms with E-state index in [2.05, 4.69) is 32.2 Å². The van der Waals surface area contributed by atoms with Crippen LogP contribution in [0.1, 0.15) is 35.2 Å². The number of fused-ring (bicyclic) bond motifs is 1. The van der Waals surface area contributed by atoms with Gasteiger partial charge in [-0.05, 0) is 30.2 Å². The molecule has 0 amide bonds. The van der Waals surface area contributed by atoms with Gasteiger partial charge >= 0.3 is 0 Å². The lowest BCUT2D eigenvalue weighted by Gasteiger charge is -2.20. The molecular weight excluding hydrogens is 354 g/mol. The van der Waals surface area contributed by atoms with E-state index in [9.17, 15) is 5.11 Å². The molecule has 0 aliphatic carbocycles. The van der Waals surface area contributed by atoms with Crippen molar-refractivity contribution in [2.75, 3.05) is 25.5 Å². The lowest BCUT2D eigenvalue weighted by atomic mass is 10.1. The first-order chi connectivity index (χ1) is 13.5. The molecule has 1 aliphatic heterocycles. The fraction of sp³-hybridized carbons (Fsp3) is 0.450. The first kappa shape index (κ1) is 18.6. The summed E-state index contributed by atoms with van der Waals surface area (Å²) in [7, 11) is 5.82. The van der Waals surface area contributed by atoms with Crippen molar-refractivity contribution in [3.63, 3.8) is 0 Å². The topological polar surface area (TPSA) is 75.2 Å². The van der Waals surface area contributed by atoms with Crippen LogP contribution in [-0.2, 0) is 26.7 Å². The summed E-state index contributed by atoms with van der Waals surface area (Å²) in [6.07, 6.45) is 3.91. The lowest BCUT2D eigenvalue weighted by molar-refractivity contribution is 0.203. The number of anilines is 1. The highest BCUT2D eigenvalue weighted by Crippen LogP contribution is 2.23. The number of aliphatic hydroxyl groups is 1. The summed E-state index contributed by atoms with van der Waals surface area (Å²) in [5.74, 6) is 0.964. The van der Waals surface area contributed by atoms with E-state index in [1.54, 1.807) is 10.9 Å². The number of hydrogen-bond donors (Lipinski definition) is 1. The molecule has 4 rings (SSSR count). The minimum atomic E-state index is -0.761. The fourth-order valence-electron chi connectivity index (χ4n) is 3.66. The van der Waals surface area contributed by atoms with Gasteiger partial charge in [0.25, 0.3) is 0 Å². The van der Waals surface area contributed by atoms with Crippen LogP contribution in [0.3, 0.4) is 0 Å². The van der Waals surface area contributed by atoms with Crippen LogP contribution >= 0.6 is 0 Å². The molecule has 8 nitrogen and oxygen atoms in total. The van der Waals surface area contributed by atoms with Crippen molar-refractivity contribution < 1.29 is 5.11 Å².